The lowest BCUT2D eigenvalue weighted by Gasteiger charge is -2.18. The van der Waals surface area contributed by atoms with Crippen molar-refractivity contribution >= 4 is 11.7 Å². The Morgan fingerprint density at radius 2 is 2.00 bits per heavy atom. The van der Waals surface area contributed by atoms with Gasteiger partial charge in [-0.25, -0.2) is 9.48 Å². The average Bonchev–Trinajstić information content (AvgIpc) is 3.42. The molecule has 2 aliphatic heterocycles. The van der Waals surface area contributed by atoms with Crippen LogP contribution in [0.3, 0.4) is 0 Å². The summed E-state index contributed by atoms with van der Waals surface area (Å²) in [6.07, 6.45) is 1.40. The summed E-state index contributed by atoms with van der Waals surface area (Å²) in [5, 5.41) is 11.5. The summed E-state index contributed by atoms with van der Waals surface area (Å²) < 4.78 is 18.3. The first-order chi connectivity index (χ1) is 13.6. The van der Waals surface area contributed by atoms with Crippen LogP contribution in [0.15, 0.2) is 30.5 Å². The van der Waals surface area contributed by atoms with Crippen LogP contribution >= 0.6 is 0 Å². The number of aromatic nitrogens is 3. The quantitative estimate of drug-likeness (QED) is 0.722. The highest BCUT2D eigenvalue weighted by molar-refractivity contribution is 5.86. The van der Waals surface area contributed by atoms with Crippen molar-refractivity contribution in [3.05, 3.63) is 41.7 Å². The zero-order chi connectivity index (χ0) is 19.7. The van der Waals surface area contributed by atoms with Crippen LogP contribution in [0.25, 0.3) is 0 Å². The molecule has 2 fully saturated rings. The van der Waals surface area contributed by atoms with Gasteiger partial charge in [-0.1, -0.05) is 17.3 Å². The first-order valence-electron chi connectivity index (χ1n) is 9.30. The maximum absolute atomic E-state index is 11.6. The minimum absolute atomic E-state index is 0.0585. The van der Waals surface area contributed by atoms with Gasteiger partial charge in [0.25, 0.3) is 0 Å². The van der Waals surface area contributed by atoms with Crippen molar-refractivity contribution in [2.45, 2.75) is 30.8 Å². The van der Waals surface area contributed by atoms with E-state index in [0.717, 1.165) is 6.54 Å². The fourth-order valence-electron chi connectivity index (χ4n) is 3.68. The molecule has 2 saturated heterocycles. The number of nitrogens with zero attached hydrogens (tertiary/aromatic N) is 4. The standard InChI is InChI=1S/C19H25N5O4/c1-23(2)13-6-4-12(5-7-13)8-20-15-10-27-18-16(11-28-17(15)18)24-9-14(21-22-24)19(25)26-3/h4-7,9,15-18,20H,8,10-11H2,1-3H3. The third kappa shape index (κ3) is 3.60. The third-order valence-corrected chi connectivity index (χ3v) is 5.29. The van der Waals surface area contributed by atoms with Crippen molar-refractivity contribution < 1.29 is 19.0 Å². The van der Waals surface area contributed by atoms with Crippen LogP contribution in [0, 0.1) is 0 Å². The highest BCUT2D eigenvalue weighted by Crippen LogP contribution is 2.34. The Morgan fingerprint density at radius 1 is 1.25 bits per heavy atom. The van der Waals surface area contributed by atoms with Crippen molar-refractivity contribution in [3.8, 4) is 0 Å². The molecule has 1 N–H and O–H groups in total. The van der Waals surface area contributed by atoms with E-state index in [9.17, 15) is 4.79 Å². The van der Waals surface area contributed by atoms with Crippen LogP contribution in [-0.4, -0.2) is 73.6 Å². The van der Waals surface area contributed by atoms with Gasteiger partial charge in [-0.3, -0.25) is 0 Å². The molecule has 28 heavy (non-hydrogen) atoms. The second kappa shape index (κ2) is 7.86. The average molecular weight is 387 g/mol. The van der Waals surface area contributed by atoms with Crippen molar-refractivity contribution in [2.75, 3.05) is 39.3 Å². The molecule has 0 radical (unpaired) electrons. The predicted octanol–water partition coefficient (Wildman–Crippen LogP) is 0.628. The lowest BCUT2D eigenvalue weighted by Crippen LogP contribution is -2.40. The maximum Gasteiger partial charge on any atom is 0.360 e. The van der Waals surface area contributed by atoms with Crippen LogP contribution in [-0.2, 0) is 20.8 Å². The van der Waals surface area contributed by atoms with E-state index in [1.807, 2.05) is 14.1 Å². The summed E-state index contributed by atoms with van der Waals surface area (Å²) in [6, 6.07) is 8.46. The molecule has 4 rings (SSSR count). The molecule has 0 spiro atoms. The number of benzene rings is 1. The first-order valence-corrected chi connectivity index (χ1v) is 9.30. The number of esters is 1. The van der Waals surface area contributed by atoms with Gasteiger partial charge in [-0.05, 0) is 17.7 Å². The summed E-state index contributed by atoms with van der Waals surface area (Å²) in [5.74, 6) is -0.506. The number of fused-ring (bicyclic) bond motifs is 1. The van der Waals surface area contributed by atoms with Gasteiger partial charge in [-0.15, -0.1) is 5.10 Å². The van der Waals surface area contributed by atoms with Crippen LogP contribution in [0.2, 0.25) is 0 Å². The lowest BCUT2D eigenvalue weighted by atomic mass is 10.1. The van der Waals surface area contributed by atoms with E-state index in [-0.39, 0.29) is 30.0 Å². The molecule has 2 aliphatic rings. The molecule has 9 nitrogen and oxygen atoms in total. The summed E-state index contributed by atoms with van der Waals surface area (Å²) >= 11 is 0. The minimum atomic E-state index is -0.506. The van der Waals surface area contributed by atoms with Gasteiger partial charge in [0.15, 0.2) is 5.69 Å². The van der Waals surface area contributed by atoms with Crippen molar-refractivity contribution in [2.24, 2.45) is 0 Å². The largest absolute Gasteiger partial charge is 0.464 e. The highest BCUT2D eigenvalue weighted by Gasteiger charge is 2.48. The van der Waals surface area contributed by atoms with E-state index in [0.29, 0.717) is 13.2 Å². The van der Waals surface area contributed by atoms with E-state index in [1.54, 1.807) is 10.9 Å². The highest BCUT2D eigenvalue weighted by atomic mass is 16.6. The molecular weight excluding hydrogens is 362 g/mol. The smallest absolute Gasteiger partial charge is 0.360 e. The maximum atomic E-state index is 11.6. The van der Waals surface area contributed by atoms with Gasteiger partial charge in [0, 0.05) is 26.3 Å². The van der Waals surface area contributed by atoms with Crippen LogP contribution < -0.4 is 10.2 Å². The molecule has 3 heterocycles. The molecule has 4 unspecified atom stereocenters. The fourth-order valence-corrected chi connectivity index (χ4v) is 3.68. The monoisotopic (exact) mass is 387 g/mol. The summed E-state index contributed by atoms with van der Waals surface area (Å²) in [7, 11) is 5.38. The first kappa shape index (κ1) is 18.9. The zero-order valence-corrected chi connectivity index (χ0v) is 16.2. The second-order valence-corrected chi connectivity index (χ2v) is 7.29. The number of carbonyl (C=O) groups is 1. The summed E-state index contributed by atoms with van der Waals surface area (Å²) in [6.45, 7) is 1.78. The van der Waals surface area contributed by atoms with E-state index in [1.165, 1.54) is 18.4 Å². The van der Waals surface area contributed by atoms with Gasteiger partial charge in [0.1, 0.15) is 18.2 Å². The van der Waals surface area contributed by atoms with Gasteiger partial charge < -0.3 is 24.4 Å². The van der Waals surface area contributed by atoms with E-state index in [4.69, 9.17) is 9.47 Å². The van der Waals surface area contributed by atoms with Gasteiger partial charge in [-0.2, -0.15) is 0 Å². The zero-order valence-electron chi connectivity index (χ0n) is 16.2. The van der Waals surface area contributed by atoms with Gasteiger partial charge >= 0.3 is 5.97 Å². The molecule has 150 valence electrons. The Balaban J connectivity index is 1.36. The van der Waals surface area contributed by atoms with E-state index < -0.39 is 5.97 Å². The normalized spacial score (nSPS) is 26.2. The van der Waals surface area contributed by atoms with E-state index >= 15 is 0 Å². The second-order valence-electron chi connectivity index (χ2n) is 7.29. The van der Waals surface area contributed by atoms with Gasteiger partial charge in [0.2, 0.25) is 0 Å². The number of ether oxygens (including phenoxy) is 3. The van der Waals surface area contributed by atoms with Crippen LogP contribution in [0.5, 0.6) is 0 Å². The number of hydrogen-bond acceptors (Lipinski definition) is 8. The van der Waals surface area contributed by atoms with Gasteiger partial charge in [0.05, 0.1) is 32.6 Å². The third-order valence-electron chi connectivity index (χ3n) is 5.29. The molecule has 0 aliphatic carbocycles. The molecule has 2 aromatic rings. The Bertz CT molecular complexity index is 822. The van der Waals surface area contributed by atoms with Crippen LogP contribution in [0.1, 0.15) is 22.1 Å². The molecular formula is C19H25N5O4. The van der Waals surface area contributed by atoms with Crippen LogP contribution in [0.4, 0.5) is 5.69 Å². The minimum Gasteiger partial charge on any atom is -0.464 e. The predicted molar refractivity (Wildman–Crippen MR) is 101 cm³/mol. The Morgan fingerprint density at radius 3 is 2.71 bits per heavy atom. The molecule has 4 atom stereocenters. The number of anilines is 1. The molecule has 1 aromatic heterocycles. The molecule has 0 bridgehead atoms. The summed E-state index contributed by atoms with van der Waals surface area (Å²) in [4.78, 5) is 13.7. The molecule has 9 heteroatoms. The van der Waals surface area contributed by atoms with Crippen molar-refractivity contribution in [3.63, 3.8) is 0 Å². The topological polar surface area (TPSA) is 90.7 Å². The van der Waals surface area contributed by atoms with E-state index in [2.05, 4.69) is 49.5 Å². The number of carbonyl (C=O) groups excluding carboxylic acids is 1. The fraction of sp³-hybridized carbons (Fsp3) is 0.526. The number of methoxy groups -OCH3 is 1. The Hall–Kier alpha value is -2.49. The number of nitrogens with one attached hydrogen (secondary N) is 1. The number of hydrogen-bond donors (Lipinski definition) is 1. The molecule has 0 saturated carbocycles. The number of rotatable bonds is 6. The van der Waals surface area contributed by atoms with Crippen molar-refractivity contribution in [1.29, 1.82) is 0 Å². The summed E-state index contributed by atoms with van der Waals surface area (Å²) in [5.41, 5.74) is 2.57. The Kier molecular flexibility index (Phi) is 5.29. The Labute approximate surface area is 163 Å². The molecule has 1 aromatic carbocycles. The van der Waals surface area contributed by atoms with Crippen molar-refractivity contribution in [1.82, 2.24) is 20.3 Å². The SMILES string of the molecule is COC(=O)c1cn(C2COC3C(NCc4ccc(N(C)C)cc4)COC32)nn1. The lowest BCUT2D eigenvalue weighted by molar-refractivity contribution is 0.0592. The molecule has 0 amide bonds.